The van der Waals surface area contributed by atoms with Crippen molar-refractivity contribution >= 4 is 47.4 Å². The van der Waals surface area contributed by atoms with Crippen molar-refractivity contribution in [2.24, 2.45) is 7.05 Å². The molecule has 3 aromatic heterocycles. The van der Waals surface area contributed by atoms with Crippen LogP contribution in [0.1, 0.15) is 11.3 Å². The number of nitrogens with zero attached hydrogens (tertiary/aromatic N) is 6. The van der Waals surface area contributed by atoms with Gasteiger partial charge in [0.2, 0.25) is 5.95 Å². The number of phenolic OH excluding ortho intramolecular Hbond substituents is 1. The van der Waals surface area contributed by atoms with E-state index in [1.807, 2.05) is 0 Å². The van der Waals surface area contributed by atoms with Crippen LogP contribution in [0, 0.1) is 17.5 Å². The van der Waals surface area contributed by atoms with Gasteiger partial charge in [0.05, 0.1) is 40.6 Å². The Morgan fingerprint density at radius 3 is 2.61 bits per heavy atom. The molecule has 0 saturated heterocycles. The standard InChI is InChI=1S/C22H14BClF3N7O4/c1-32-4-9-2-14(12(24)3-13(9)31-32)29-20-30-21(36)34(5-10-7-38-8-28-10)22(37)33(20)6-11-16(25)15(23)17(26)18(27)19(11)35/h2-4,7-8,35H,5-6H2,1H3,(H,29,30,36). The van der Waals surface area contributed by atoms with Crippen LogP contribution >= 0.6 is 11.6 Å². The molecule has 0 amide bonds. The van der Waals surface area contributed by atoms with Crippen LogP contribution < -0.4 is 22.2 Å². The number of aromatic nitrogens is 6. The Labute approximate surface area is 216 Å². The molecular weight excluding hydrogens is 530 g/mol. The molecule has 11 nitrogen and oxygen atoms in total. The lowest BCUT2D eigenvalue weighted by molar-refractivity contribution is 0.391. The van der Waals surface area contributed by atoms with Gasteiger partial charge in [0.15, 0.2) is 23.8 Å². The number of rotatable bonds is 6. The van der Waals surface area contributed by atoms with E-state index in [1.165, 1.54) is 12.3 Å². The number of halogens is 4. The van der Waals surface area contributed by atoms with Gasteiger partial charge in [-0.1, -0.05) is 11.6 Å². The molecule has 2 aromatic carbocycles. The molecule has 38 heavy (non-hydrogen) atoms. The summed E-state index contributed by atoms with van der Waals surface area (Å²) < 4.78 is 50.6. The normalized spacial score (nSPS) is 11.4. The van der Waals surface area contributed by atoms with Crippen LogP contribution in [0.4, 0.5) is 24.8 Å². The first-order valence-corrected chi connectivity index (χ1v) is 11.0. The molecule has 0 aliphatic rings. The van der Waals surface area contributed by atoms with E-state index < -0.39 is 58.1 Å². The average molecular weight is 544 g/mol. The molecule has 0 aliphatic carbocycles. The van der Waals surface area contributed by atoms with E-state index in [4.69, 9.17) is 23.9 Å². The van der Waals surface area contributed by atoms with Crippen molar-refractivity contribution < 1.29 is 22.7 Å². The fourth-order valence-electron chi connectivity index (χ4n) is 3.79. The molecule has 0 saturated carbocycles. The van der Waals surface area contributed by atoms with Gasteiger partial charge in [-0.3, -0.25) is 9.25 Å². The Hall–Kier alpha value is -4.53. The lowest BCUT2D eigenvalue weighted by atomic mass is 9.91. The first-order valence-electron chi connectivity index (χ1n) is 10.7. The molecule has 5 aromatic rings. The van der Waals surface area contributed by atoms with Gasteiger partial charge >= 0.3 is 11.4 Å². The van der Waals surface area contributed by atoms with E-state index in [2.05, 4.69) is 20.4 Å². The number of hydrogen-bond donors (Lipinski definition) is 2. The van der Waals surface area contributed by atoms with E-state index in [0.717, 1.165) is 11.0 Å². The van der Waals surface area contributed by atoms with Gasteiger partial charge in [-0.2, -0.15) is 14.5 Å². The predicted octanol–water partition coefficient (Wildman–Crippen LogP) is 1.69. The van der Waals surface area contributed by atoms with Crippen LogP contribution in [-0.2, 0) is 20.1 Å². The third-order valence-electron chi connectivity index (χ3n) is 5.65. The Balaban J connectivity index is 1.69. The Kier molecular flexibility index (Phi) is 6.22. The highest BCUT2D eigenvalue weighted by molar-refractivity contribution is 6.34. The van der Waals surface area contributed by atoms with Gasteiger partial charge in [-0.25, -0.2) is 27.9 Å². The number of phenols is 1. The second-order valence-electron chi connectivity index (χ2n) is 8.15. The summed E-state index contributed by atoms with van der Waals surface area (Å²) in [5.74, 6) is -6.95. The minimum Gasteiger partial charge on any atom is -0.504 e. The molecule has 5 rings (SSSR count). The maximum atomic E-state index is 14.8. The Morgan fingerprint density at radius 1 is 1.13 bits per heavy atom. The molecular formula is C22H14BClF3N7O4. The summed E-state index contributed by atoms with van der Waals surface area (Å²) in [4.78, 5) is 34.0. The quantitative estimate of drug-likeness (QED) is 0.244. The van der Waals surface area contributed by atoms with E-state index >= 15 is 0 Å². The van der Waals surface area contributed by atoms with Crippen LogP contribution in [0.15, 0.2) is 45.0 Å². The number of benzene rings is 2. The molecule has 0 spiro atoms. The molecule has 0 atom stereocenters. The second kappa shape index (κ2) is 9.41. The number of anilines is 2. The summed E-state index contributed by atoms with van der Waals surface area (Å²) in [6.07, 6.45) is 3.95. The van der Waals surface area contributed by atoms with E-state index in [-0.39, 0.29) is 22.9 Å². The minimum absolute atomic E-state index is 0.134. The van der Waals surface area contributed by atoms with E-state index in [9.17, 15) is 27.9 Å². The van der Waals surface area contributed by atoms with Crippen molar-refractivity contribution in [1.29, 1.82) is 0 Å². The van der Waals surface area contributed by atoms with Crippen molar-refractivity contribution in [1.82, 2.24) is 28.9 Å². The summed E-state index contributed by atoms with van der Waals surface area (Å²) in [6, 6.07) is 3.09. The lowest BCUT2D eigenvalue weighted by Crippen LogP contribution is -2.43. The first-order chi connectivity index (χ1) is 18.0. The van der Waals surface area contributed by atoms with Gasteiger partial charge < -0.3 is 14.8 Å². The van der Waals surface area contributed by atoms with Crippen molar-refractivity contribution in [3.05, 3.63) is 85.7 Å². The molecule has 0 fully saturated rings. The van der Waals surface area contributed by atoms with Gasteiger partial charge in [0.25, 0.3) is 0 Å². The van der Waals surface area contributed by atoms with E-state index in [0.29, 0.717) is 15.5 Å². The first kappa shape index (κ1) is 25.1. The number of oxazole rings is 1. The van der Waals surface area contributed by atoms with Crippen LogP contribution in [0.5, 0.6) is 5.75 Å². The fraction of sp³-hybridized carbons (Fsp3) is 0.136. The topological polar surface area (TPSA) is 133 Å². The molecule has 0 unspecified atom stereocenters. The largest absolute Gasteiger partial charge is 0.504 e. The monoisotopic (exact) mass is 543 g/mol. The van der Waals surface area contributed by atoms with Gasteiger partial charge in [-0.15, -0.1) is 0 Å². The second-order valence-corrected chi connectivity index (χ2v) is 8.56. The van der Waals surface area contributed by atoms with Crippen molar-refractivity contribution in [3.8, 4) is 5.75 Å². The van der Waals surface area contributed by atoms with Crippen LogP contribution in [0.2, 0.25) is 5.02 Å². The lowest BCUT2D eigenvalue weighted by Gasteiger charge is -2.18. The third kappa shape index (κ3) is 4.30. The zero-order chi connectivity index (χ0) is 27.3. The SMILES string of the molecule is [B]c1c(F)c(F)c(O)c(Cn2c(Nc3cc4cn(C)nc4cc3Cl)nc(=O)n(Cc3cocn3)c2=O)c1F. The number of hydrogen-bond acceptors (Lipinski definition) is 8. The van der Waals surface area contributed by atoms with Crippen LogP contribution in [0.3, 0.4) is 0 Å². The highest BCUT2D eigenvalue weighted by Crippen LogP contribution is 2.30. The summed E-state index contributed by atoms with van der Waals surface area (Å²) in [5, 5.41) is 17.9. The third-order valence-corrected chi connectivity index (χ3v) is 5.96. The van der Waals surface area contributed by atoms with E-state index in [1.54, 1.807) is 24.0 Å². The fourth-order valence-corrected chi connectivity index (χ4v) is 3.99. The minimum atomic E-state index is -1.81. The maximum Gasteiger partial charge on any atom is 0.355 e. The highest BCUT2D eigenvalue weighted by atomic mass is 35.5. The highest BCUT2D eigenvalue weighted by Gasteiger charge is 2.25. The zero-order valence-corrected chi connectivity index (χ0v) is 20.0. The van der Waals surface area contributed by atoms with Gasteiger partial charge in [0, 0.05) is 18.6 Å². The molecule has 2 N–H and O–H groups in total. The van der Waals surface area contributed by atoms with Crippen molar-refractivity contribution in [2.45, 2.75) is 13.1 Å². The molecule has 192 valence electrons. The van der Waals surface area contributed by atoms with Crippen molar-refractivity contribution in [2.75, 3.05) is 5.32 Å². The van der Waals surface area contributed by atoms with Gasteiger partial charge in [0.1, 0.15) is 19.9 Å². The summed E-state index contributed by atoms with van der Waals surface area (Å²) in [5.41, 5.74) is -3.20. The predicted molar refractivity (Wildman–Crippen MR) is 130 cm³/mol. The number of fused-ring (bicyclic) bond motifs is 1. The molecule has 16 heteroatoms. The van der Waals surface area contributed by atoms with Gasteiger partial charge in [-0.05, 0) is 17.6 Å². The average Bonchev–Trinajstić information content (AvgIpc) is 3.52. The molecule has 2 radical (unpaired) electrons. The zero-order valence-electron chi connectivity index (χ0n) is 19.2. The summed E-state index contributed by atoms with van der Waals surface area (Å²) in [6.45, 7) is -1.28. The molecule has 0 bridgehead atoms. The molecule has 0 aliphatic heterocycles. The number of nitrogens with one attached hydrogen (secondary N) is 1. The maximum absolute atomic E-state index is 14.8. The summed E-state index contributed by atoms with van der Waals surface area (Å²) in [7, 11) is 7.00. The van der Waals surface area contributed by atoms with Crippen LogP contribution in [0.25, 0.3) is 10.9 Å². The smallest absolute Gasteiger partial charge is 0.355 e. The summed E-state index contributed by atoms with van der Waals surface area (Å²) >= 11 is 6.35. The number of aryl methyl sites for hydroxylation is 1. The Morgan fingerprint density at radius 2 is 1.89 bits per heavy atom. The Bertz CT molecular complexity index is 1810. The number of aromatic hydroxyl groups is 1. The molecule has 3 heterocycles. The van der Waals surface area contributed by atoms with Crippen molar-refractivity contribution in [3.63, 3.8) is 0 Å². The van der Waals surface area contributed by atoms with Crippen LogP contribution in [-0.4, -0.2) is 41.8 Å².